The van der Waals surface area contributed by atoms with Gasteiger partial charge in [0.2, 0.25) is 20.0 Å². The zero-order valence-corrected chi connectivity index (χ0v) is 16.5. The highest BCUT2D eigenvalue weighted by Crippen LogP contribution is 2.23. The zero-order valence-electron chi connectivity index (χ0n) is 14.9. The van der Waals surface area contributed by atoms with Crippen LogP contribution in [0.2, 0.25) is 0 Å². The van der Waals surface area contributed by atoms with E-state index in [4.69, 9.17) is 4.74 Å². The van der Waals surface area contributed by atoms with Crippen molar-refractivity contribution in [3.63, 3.8) is 0 Å². The molecular formula is C16H26N2O5S2. The predicted octanol–water partition coefficient (Wildman–Crippen LogP) is 0.924. The summed E-state index contributed by atoms with van der Waals surface area (Å²) in [5.41, 5.74) is 0.962. The first-order valence-electron chi connectivity index (χ1n) is 8.18. The smallest absolute Gasteiger partial charge is 0.240 e. The Morgan fingerprint density at radius 3 is 2.12 bits per heavy atom. The van der Waals surface area contributed by atoms with Crippen molar-refractivity contribution in [2.24, 2.45) is 0 Å². The van der Waals surface area contributed by atoms with E-state index in [9.17, 15) is 16.8 Å². The van der Waals surface area contributed by atoms with Crippen molar-refractivity contribution in [3.8, 4) is 0 Å². The minimum Gasteiger partial charge on any atom is -0.379 e. The van der Waals surface area contributed by atoms with Crippen molar-refractivity contribution in [1.29, 1.82) is 0 Å². The summed E-state index contributed by atoms with van der Waals surface area (Å²) < 4.78 is 57.9. The Hall–Kier alpha value is -1.00. The van der Waals surface area contributed by atoms with Gasteiger partial charge in [0, 0.05) is 19.6 Å². The molecule has 1 aromatic carbocycles. The largest absolute Gasteiger partial charge is 0.379 e. The van der Waals surface area contributed by atoms with Crippen LogP contribution in [0, 0.1) is 0 Å². The lowest BCUT2D eigenvalue weighted by Crippen LogP contribution is -2.43. The number of nitrogens with one attached hydrogen (secondary N) is 1. The number of hydrogen-bond donors (Lipinski definition) is 1. The highest BCUT2D eigenvalue weighted by molar-refractivity contribution is 7.90. The van der Waals surface area contributed by atoms with Gasteiger partial charge in [-0.25, -0.2) is 21.6 Å². The molecule has 0 saturated carbocycles. The van der Waals surface area contributed by atoms with Crippen molar-refractivity contribution in [2.45, 2.75) is 31.1 Å². The summed E-state index contributed by atoms with van der Waals surface area (Å²) in [7, 11) is -7.22. The van der Waals surface area contributed by atoms with Crippen LogP contribution in [0.5, 0.6) is 0 Å². The Morgan fingerprint density at radius 2 is 1.60 bits per heavy atom. The molecule has 1 aliphatic rings. The van der Waals surface area contributed by atoms with E-state index in [-0.39, 0.29) is 22.6 Å². The fourth-order valence-corrected chi connectivity index (χ4v) is 4.96. The quantitative estimate of drug-likeness (QED) is 0.780. The van der Waals surface area contributed by atoms with Crippen molar-refractivity contribution in [1.82, 2.24) is 9.03 Å². The number of hydrogen-bond acceptors (Lipinski definition) is 5. The second kappa shape index (κ2) is 7.71. The van der Waals surface area contributed by atoms with Crippen molar-refractivity contribution in [3.05, 3.63) is 29.8 Å². The summed E-state index contributed by atoms with van der Waals surface area (Å²) in [6.45, 7) is 7.33. The minimum absolute atomic E-state index is 0.0675. The molecule has 1 heterocycles. The molecule has 1 N–H and O–H groups in total. The SMILES string of the molecule is CC(C)(C)c1ccc(S(=O)(=O)NCCS(=O)(=O)N2CCOCC2)cc1. The molecule has 7 nitrogen and oxygen atoms in total. The third kappa shape index (κ3) is 5.49. The number of sulfonamides is 2. The number of ether oxygens (including phenoxy) is 1. The van der Waals surface area contributed by atoms with Gasteiger partial charge in [-0.05, 0) is 23.1 Å². The van der Waals surface area contributed by atoms with Crippen LogP contribution in [0.1, 0.15) is 26.3 Å². The standard InChI is InChI=1S/C16H26N2O5S2/c1-16(2,3)14-4-6-15(7-5-14)25(21,22)17-8-13-24(19,20)18-9-11-23-12-10-18/h4-7,17H,8-13H2,1-3H3. The Balaban J connectivity index is 1.97. The average molecular weight is 391 g/mol. The van der Waals surface area contributed by atoms with E-state index in [0.29, 0.717) is 26.3 Å². The lowest BCUT2D eigenvalue weighted by Gasteiger charge is -2.26. The van der Waals surface area contributed by atoms with E-state index >= 15 is 0 Å². The Morgan fingerprint density at radius 1 is 1.04 bits per heavy atom. The Labute approximate surface area is 150 Å². The molecule has 142 valence electrons. The van der Waals surface area contributed by atoms with Gasteiger partial charge in [0.1, 0.15) is 0 Å². The molecule has 1 aromatic rings. The van der Waals surface area contributed by atoms with Gasteiger partial charge >= 0.3 is 0 Å². The molecule has 0 aliphatic carbocycles. The van der Waals surface area contributed by atoms with Crippen molar-refractivity contribution in [2.75, 3.05) is 38.6 Å². The Bertz CT molecular complexity index is 775. The molecule has 25 heavy (non-hydrogen) atoms. The maximum atomic E-state index is 12.3. The van der Waals surface area contributed by atoms with E-state index in [1.807, 2.05) is 20.8 Å². The third-order valence-electron chi connectivity index (χ3n) is 4.05. The van der Waals surface area contributed by atoms with Crippen LogP contribution in [0.3, 0.4) is 0 Å². The molecular weight excluding hydrogens is 364 g/mol. The van der Waals surface area contributed by atoms with E-state index in [1.54, 1.807) is 24.3 Å². The zero-order chi connectivity index (χ0) is 18.7. The van der Waals surface area contributed by atoms with Gasteiger partial charge in [-0.3, -0.25) is 0 Å². The Kier molecular flexibility index (Phi) is 6.26. The van der Waals surface area contributed by atoms with Gasteiger partial charge in [-0.1, -0.05) is 32.9 Å². The van der Waals surface area contributed by atoms with Crippen LogP contribution in [0.4, 0.5) is 0 Å². The van der Waals surface area contributed by atoms with E-state index in [0.717, 1.165) is 5.56 Å². The van der Waals surface area contributed by atoms with E-state index in [2.05, 4.69) is 4.72 Å². The monoisotopic (exact) mass is 390 g/mol. The topological polar surface area (TPSA) is 92.8 Å². The van der Waals surface area contributed by atoms with Gasteiger partial charge in [-0.15, -0.1) is 0 Å². The summed E-state index contributed by atoms with van der Waals surface area (Å²) in [6.07, 6.45) is 0. The number of rotatable bonds is 6. The van der Waals surface area contributed by atoms with Gasteiger partial charge in [0.15, 0.2) is 0 Å². The molecule has 2 rings (SSSR count). The third-order valence-corrected chi connectivity index (χ3v) is 7.40. The summed E-state index contributed by atoms with van der Waals surface area (Å²) in [5, 5.41) is 0. The number of benzene rings is 1. The maximum absolute atomic E-state index is 12.3. The molecule has 0 atom stereocenters. The van der Waals surface area contributed by atoms with Crippen LogP contribution < -0.4 is 4.72 Å². The van der Waals surface area contributed by atoms with Crippen molar-refractivity contribution < 1.29 is 21.6 Å². The lowest BCUT2D eigenvalue weighted by molar-refractivity contribution is 0.0730. The van der Waals surface area contributed by atoms with Crippen LogP contribution >= 0.6 is 0 Å². The highest BCUT2D eigenvalue weighted by Gasteiger charge is 2.25. The van der Waals surface area contributed by atoms with Crippen molar-refractivity contribution >= 4 is 20.0 Å². The number of nitrogens with zero attached hydrogens (tertiary/aromatic N) is 1. The molecule has 0 bridgehead atoms. The fourth-order valence-electron chi connectivity index (χ4n) is 2.48. The highest BCUT2D eigenvalue weighted by atomic mass is 32.2. The van der Waals surface area contributed by atoms with Gasteiger partial charge < -0.3 is 4.74 Å². The van der Waals surface area contributed by atoms with Crippen LogP contribution in [0.15, 0.2) is 29.2 Å². The molecule has 0 aromatic heterocycles. The van der Waals surface area contributed by atoms with Crippen LogP contribution in [0.25, 0.3) is 0 Å². The molecule has 0 spiro atoms. The summed E-state index contributed by atoms with van der Waals surface area (Å²) in [5.74, 6) is -0.272. The molecule has 0 radical (unpaired) electrons. The number of morpholine rings is 1. The summed E-state index contributed by atoms with van der Waals surface area (Å²) in [4.78, 5) is 0.129. The average Bonchev–Trinajstić information content (AvgIpc) is 2.54. The van der Waals surface area contributed by atoms with Gasteiger partial charge in [-0.2, -0.15) is 4.31 Å². The molecule has 1 aliphatic heterocycles. The first-order chi connectivity index (χ1) is 11.5. The first-order valence-corrected chi connectivity index (χ1v) is 11.3. The molecule has 0 unspecified atom stereocenters. The molecule has 1 saturated heterocycles. The minimum atomic E-state index is -3.73. The second-order valence-corrected chi connectivity index (χ2v) is 10.9. The molecule has 9 heteroatoms. The lowest BCUT2D eigenvalue weighted by atomic mass is 9.87. The first kappa shape index (κ1) is 20.3. The van der Waals surface area contributed by atoms with Gasteiger partial charge in [0.05, 0.1) is 23.9 Å². The van der Waals surface area contributed by atoms with E-state index in [1.165, 1.54) is 4.31 Å². The normalized spacial score (nSPS) is 17.6. The summed E-state index contributed by atoms with van der Waals surface area (Å²) in [6, 6.07) is 6.64. The molecule has 0 amide bonds. The van der Waals surface area contributed by atoms with Gasteiger partial charge in [0.25, 0.3) is 0 Å². The van der Waals surface area contributed by atoms with Crippen LogP contribution in [-0.2, 0) is 30.2 Å². The fraction of sp³-hybridized carbons (Fsp3) is 0.625. The summed E-state index contributed by atoms with van der Waals surface area (Å²) >= 11 is 0. The molecule has 1 fully saturated rings. The second-order valence-electron chi connectivity index (χ2n) is 7.00. The van der Waals surface area contributed by atoms with E-state index < -0.39 is 20.0 Å². The maximum Gasteiger partial charge on any atom is 0.240 e. The van der Waals surface area contributed by atoms with Crippen LogP contribution in [-0.4, -0.2) is 59.7 Å². The predicted molar refractivity (Wildman–Crippen MR) is 96.5 cm³/mol.